The normalized spacial score (nSPS) is 11.7. The van der Waals surface area contributed by atoms with Crippen LogP contribution in [0.3, 0.4) is 0 Å². The molecule has 6 nitrogen and oxygen atoms in total. The van der Waals surface area contributed by atoms with Gasteiger partial charge in [-0.05, 0) is 24.3 Å². The fraction of sp³-hybridized carbons (Fsp3) is 0.0556. The second-order valence-corrected chi connectivity index (χ2v) is 7.57. The highest BCUT2D eigenvalue weighted by molar-refractivity contribution is 7.90. The third-order valence-electron chi connectivity index (χ3n) is 3.81. The van der Waals surface area contributed by atoms with Gasteiger partial charge in [-0.25, -0.2) is 17.9 Å². The van der Waals surface area contributed by atoms with Crippen molar-refractivity contribution in [3.8, 4) is 22.5 Å². The zero-order valence-corrected chi connectivity index (χ0v) is 14.2. The molecule has 0 fully saturated rings. The number of pyridine rings is 1. The summed E-state index contributed by atoms with van der Waals surface area (Å²) in [6, 6.07) is 17.2. The molecule has 7 heteroatoms. The molecule has 0 saturated heterocycles. The Hall–Kier alpha value is -3.06. The summed E-state index contributed by atoms with van der Waals surface area (Å²) in [5.74, 6) is 0. The van der Waals surface area contributed by atoms with Crippen molar-refractivity contribution < 1.29 is 8.42 Å². The maximum absolute atomic E-state index is 12.0. The minimum absolute atomic E-state index is 0.0860. The number of rotatable bonds is 3. The Labute approximate surface area is 144 Å². The average molecular weight is 350 g/mol. The van der Waals surface area contributed by atoms with Gasteiger partial charge in [-0.3, -0.25) is 4.98 Å². The lowest BCUT2D eigenvalue weighted by molar-refractivity contribution is 0.586. The average Bonchev–Trinajstić information content (AvgIpc) is 3.09. The summed E-state index contributed by atoms with van der Waals surface area (Å²) in [6.45, 7) is 0. The van der Waals surface area contributed by atoms with Crippen LogP contribution in [0.25, 0.3) is 28.0 Å². The molecular weight excluding hydrogens is 336 g/mol. The topological polar surface area (TPSA) is 77.2 Å². The summed E-state index contributed by atoms with van der Waals surface area (Å²) < 4.78 is 25.4. The van der Waals surface area contributed by atoms with E-state index in [1.807, 2.05) is 42.5 Å². The minimum atomic E-state index is -3.51. The Morgan fingerprint density at radius 3 is 2.40 bits per heavy atom. The van der Waals surface area contributed by atoms with E-state index in [1.165, 1.54) is 4.52 Å². The third-order valence-corrected chi connectivity index (χ3v) is 4.74. The maximum Gasteiger partial charge on any atom is 0.249 e. The predicted molar refractivity (Wildman–Crippen MR) is 94.8 cm³/mol. The van der Waals surface area contributed by atoms with E-state index in [4.69, 9.17) is 0 Å². The number of hydrogen-bond donors (Lipinski definition) is 0. The lowest BCUT2D eigenvalue weighted by Crippen LogP contribution is -2.09. The van der Waals surface area contributed by atoms with E-state index in [-0.39, 0.29) is 5.16 Å². The predicted octanol–water partition coefficient (Wildman–Crippen LogP) is 2.86. The van der Waals surface area contributed by atoms with Crippen LogP contribution in [0.15, 0.2) is 72.1 Å². The molecule has 0 aliphatic rings. The van der Waals surface area contributed by atoms with E-state index < -0.39 is 9.84 Å². The van der Waals surface area contributed by atoms with Crippen LogP contribution in [0.1, 0.15) is 0 Å². The van der Waals surface area contributed by atoms with Gasteiger partial charge in [-0.15, -0.1) is 0 Å². The molecule has 4 aromatic rings. The summed E-state index contributed by atoms with van der Waals surface area (Å²) >= 11 is 0. The summed E-state index contributed by atoms with van der Waals surface area (Å²) in [4.78, 5) is 8.76. The molecule has 124 valence electrons. The summed E-state index contributed by atoms with van der Waals surface area (Å²) in [7, 11) is -3.51. The number of fused-ring (bicyclic) bond motifs is 1. The van der Waals surface area contributed by atoms with Crippen LogP contribution < -0.4 is 0 Å². The van der Waals surface area contributed by atoms with E-state index >= 15 is 0 Å². The zero-order valence-electron chi connectivity index (χ0n) is 13.4. The molecule has 0 radical (unpaired) electrons. The van der Waals surface area contributed by atoms with E-state index in [2.05, 4.69) is 15.1 Å². The Morgan fingerprint density at radius 2 is 1.72 bits per heavy atom. The second-order valence-electron chi connectivity index (χ2n) is 5.66. The molecule has 0 amide bonds. The highest BCUT2D eigenvalue weighted by Gasteiger charge is 2.17. The van der Waals surface area contributed by atoms with Crippen LogP contribution in [0.5, 0.6) is 0 Å². The van der Waals surface area contributed by atoms with Gasteiger partial charge < -0.3 is 0 Å². The Morgan fingerprint density at radius 1 is 0.920 bits per heavy atom. The molecule has 1 aromatic carbocycles. The van der Waals surface area contributed by atoms with Crippen molar-refractivity contribution in [1.29, 1.82) is 0 Å². The van der Waals surface area contributed by atoms with Gasteiger partial charge in [0, 0.05) is 23.6 Å². The van der Waals surface area contributed by atoms with E-state index in [0.717, 1.165) is 23.1 Å². The second kappa shape index (κ2) is 5.78. The quantitative estimate of drug-likeness (QED) is 0.531. The van der Waals surface area contributed by atoms with Gasteiger partial charge in [0.15, 0.2) is 0 Å². The van der Waals surface area contributed by atoms with Crippen LogP contribution >= 0.6 is 0 Å². The summed E-state index contributed by atoms with van der Waals surface area (Å²) in [6.07, 6.45) is 4.37. The van der Waals surface area contributed by atoms with Crippen LogP contribution in [0.2, 0.25) is 0 Å². The molecule has 0 bridgehead atoms. The number of benzene rings is 1. The van der Waals surface area contributed by atoms with Crippen molar-refractivity contribution in [1.82, 2.24) is 19.6 Å². The van der Waals surface area contributed by atoms with Crippen LogP contribution in [-0.4, -0.2) is 34.3 Å². The van der Waals surface area contributed by atoms with Crippen molar-refractivity contribution in [2.45, 2.75) is 5.16 Å². The lowest BCUT2D eigenvalue weighted by Gasteiger charge is -2.07. The number of aromatic nitrogens is 4. The van der Waals surface area contributed by atoms with Gasteiger partial charge in [0.1, 0.15) is 0 Å². The number of nitrogens with zero attached hydrogens (tertiary/aromatic N) is 4. The van der Waals surface area contributed by atoms with Gasteiger partial charge in [-0.2, -0.15) is 5.10 Å². The maximum atomic E-state index is 12.0. The molecule has 0 N–H and O–H groups in total. The molecule has 0 spiro atoms. The van der Waals surface area contributed by atoms with Gasteiger partial charge >= 0.3 is 0 Å². The zero-order chi connectivity index (χ0) is 17.4. The molecule has 25 heavy (non-hydrogen) atoms. The van der Waals surface area contributed by atoms with E-state index in [0.29, 0.717) is 11.2 Å². The standard InChI is InChI=1S/C18H14N4O2S/c1-25(23,24)18-21-17(11-15-9-10-20-22(15)18)14-7-8-16(19-12-14)13-5-3-2-4-6-13/h2-12H,1H3. The summed E-state index contributed by atoms with van der Waals surface area (Å²) in [5, 5.41) is 3.95. The van der Waals surface area contributed by atoms with Crippen molar-refractivity contribution in [3.05, 3.63) is 67.0 Å². The first kappa shape index (κ1) is 15.5. The van der Waals surface area contributed by atoms with Gasteiger partial charge in [0.25, 0.3) is 0 Å². The van der Waals surface area contributed by atoms with Crippen molar-refractivity contribution in [3.63, 3.8) is 0 Å². The first-order chi connectivity index (χ1) is 12.0. The van der Waals surface area contributed by atoms with Crippen LogP contribution in [0.4, 0.5) is 0 Å². The summed E-state index contributed by atoms with van der Waals surface area (Å²) in [5.41, 5.74) is 3.81. The van der Waals surface area contributed by atoms with E-state index in [9.17, 15) is 8.42 Å². The van der Waals surface area contributed by atoms with Crippen LogP contribution in [0, 0.1) is 0 Å². The largest absolute Gasteiger partial charge is 0.256 e. The number of hydrogen-bond acceptors (Lipinski definition) is 5. The molecule has 3 aromatic heterocycles. The SMILES string of the molecule is CS(=O)(=O)c1nc(-c2ccc(-c3ccccc3)nc2)cc2ccnn12. The third kappa shape index (κ3) is 2.89. The first-order valence-corrected chi connectivity index (χ1v) is 9.48. The van der Waals surface area contributed by atoms with Crippen molar-refractivity contribution in [2.75, 3.05) is 6.26 Å². The molecule has 0 unspecified atom stereocenters. The first-order valence-electron chi connectivity index (χ1n) is 7.59. The molecule has 0 saturated carbocycles. The smallest absolute Gasteiger partial charge is 0.249 e. The van der Waals surface area contributed by atoms with Gasteiger partial charge in [-0.1, -0.05) is 30.3 Å². The van der Waals surface area contributed by atoms with Crippen LogP contribution in [-0.2, 0) is 9.84 Å². The molecule has 0 atom stereocenters. The number of sulfone groups is 1. The molecule has 0 aliphatic carbocycles. The lowest BCUT2D eigenvalue weighted by atomic mass is 10.1. The Kier molecular flexibility index (Phi) is 3.58. The molecule has 4 rings (SSSR count). The van der Waals surface area contributed by atoms with E-state index in [1.54, 1.807) is 24.5 Å². The Bertz CT molecular complexity index is 1150. The highest BCUT2D eigenvalue weighted by Crippen LogP contribution is 2.23. The molecular formula is C18H14N4O2S. The molecule has 0 aliphatic heterocycles. The minimum Gasteiger partial charge on any atom is -0.256 e. The van der Waals surface area contributed by atoms with Crippen molar-refractivity contribution in [2.24, 2.45) is 0 Å². The van der Waals surface area contributed by atoms with Gasteiger partial charge in [0.05, 0.1) is 23.1 Å². The highest BCUT2D eigenvalue weighted by atomic mass is 32.2. The van der Waals surface area contributed by atoms with Crippen molar-refractivity contribution >= 4 is 15.4 Å². The molecule has 3 heterocycles. The fourth-order valence-corrected chi connectivity index (χ4v) is 3.35. The fourth-order valence-electron chi connectivity index (χ4n) is 2.62. The monoisotopic (exact) mass is 350 g/mol. The Balaban J connectivity index is 1.82. The van der Waals surface area contributed by atoms with Gasteiger partial charge in [0.2, 0.25) is 15.0 Å².